The third-order valence-electron chi connectivity index (χ3n) is 4.43. The van der Waals surface area contributed by atoms with Crippen LogP contribution in [0.15, 0.2) is 48.5 Å². The Morgan fingerprint density at radius 3 is 2.59 bits per heavy atom. The fraction of sp³-hybridized carbons (Fsp3) is 0.278. The molecule has 0 fully saturated rings. The molecule has 2 aromatic carbocycles. The SMILES string of the molecule is C[C@H](c1ccc(F)cc1)C1NC(C(N)=O)Cc2ccccc21. The van der Waals surface area contributed by atoms with Gasteiger partial charge in [-0.3, -0.25) is 10.1 Å². The molecule has 1 heterocycles. The number of carbonyl (C=O) groups excluding carboxylic acids is 1. The van der Waals surface area contributed by atoms with Crippen molar-refractivity contribution < 1.29 is 9.18 Å². The molecule has 22 heavy (non-hydrogen) atoms. The Morgan fingerprint density at radius 1 is 1.23 bits per heavy atom. The van der Waals surface area contributed by atoms with E-state index in [0.717, 1.165) is 11.1 Å². The van der Waals surface area contributed by atoms with E-state index in [2.05, 4.69) is 18.3 Å². The van der Waals surface area contributed by atoms with Gasteiger partial charge in [0.05, 0.1) is 6.04 Å². The Hall–Kier alpha value is -2.20. The second-order valence-corrected chi connectivity index (χ2v) is 5.84. The van der Waals surface area contributed by atoms with Crippen molar-refractivity contribution in [3.63, 3.8) is 0 Å². The Morgan fingerprint density at radius 2 is 1.91 bits per heavy atom. The number of benzene rings is 2. The smallest absolute Gasteiger partial charge is 0.234 e. The fourth-order valence-corrected chi connectivity index (χ4v) is 3.16. The van der Waals surface area contributed by atoms with Crippen LogP contribution in [0.1, 0.15) is 35.6 Å². The van der Waals surface area contributed by atoms with E-state index >= 15 is 0 Å². The summed E-state index contributed by atoms with van der Waals surface area (Å²) in [6, 6.07) is 14.2. The number of fused-ring (bicyclic) bond motifs is 1. The third kappa shape index (κ3) is 2.74. The fourth-order valence-electron chi connectivity index (χ4n) is 3.16. The van der Waals surface area contributed by atoms with Crippen LogP contribution in [0.5, 0.6) is 0 Å². The molecule has 0 spiro atoms. The minimum Gasteiger partial charge on any atom is -0.368 e. The molecule has 3 rings (SSSR count). The molecule has 0 bridgehead atoms. The second kappa shape index (κ2) is 5.89. The number of halogens is 1. The van der Waals surface area contributed by atoms with Crippen molar-refractivity contribution in [2.75, 3.05) is 0 Å². The normalized spacial score (nSPS) is 21.9. The van der Waals surface area contributed by atoms with E-state index in [9.17, 15) is 9.18 Å². The first-order valence-electron chi connectivity index (χ1n) is 7.45. The summed E-state index contributed by atoms with van der Waals surface area (Å²) in [4.78, 5) is 11.6. The van der Waals surface area contributed by atoms with Gasteiger partial charge in [-0.1, -0.05) is 43.3 Å². The Bertz CT molecular complexity index is 684. The summed E-state index contributed by atoms with van der Waals surface area (Å²) in [6.45, 7) is 2.07. The highest BCUT2D eigenvalue weighted by Gasteiger charge is 2.32. The van der Waals surface area contributed by atoms with E-state index in [1.165, 1.54) is 17.7 Å². The van der Waals surface area contributed by atoms with Gasteiger partial charge in [-0.05, 0) is 35.2 Å². The number of hydrogen-bond acceptors (Lipinski definition) is 2. The lowest BCUT2D eigenvalue weighted by Gasteiger charge is -2.35. The van der Waals surface area contributed by atoms with Gasteiger partial charge in [-0.2, -0.15) is 0 Å². The van der Waals surface area contributed by atoms with E-state index in [1.54, 1.807) is 12.1 Å². The molecule has 3 N–H and O–H groups in total. The Labute approximate surface area is 129 Å². The van der Waals surface area contributed by atoms with Crippen LogP contribution in [-0.4, -0.2) is 11.9 Å². The maximum Gasteiger partial charge on any atom is 0.234 e. The highest BCUT2D eigenvalue weighted by atomic mass is 19.1. The van der Waals surface area contributed by atoms with Gasteiger partial charge < -0.3 is 5.73 Å². The highest BCUT2D eigenvalue weighted by molar-refractivity contribution is 5.80. The summed E-state index contributed by atoms with van der Waals surface area (Å²) in [5.74, 6) is -0.488. The van der Waals surface area contributed by atoms with Gasteiger partial charge in [0.1, 0.15) is 5.82 Å². The molecular formula is C18H19FN2O. The summed E-state index contributed by atoms with van der Waals surface area (Å²) in [5, 5.41) is 3.35. The lowest BCUT2D eigenvalue weighted by Crippen LogP contribution is -2.48. The van der Waals surface area contributed by atoms with Gasteiger partial charge in [-0.25, -0.2) is 4.39 Å². The molecule has 2 unspecified atom stereocenters. The Kier molecular flexibility index (Phi) is 3.94. The summed E-state index contributed by atoms with van der Waals surface area (Å²) < 4.78 is 13.1. The predicted molar refractivity (Wildman–Crippen MR) is 83.8 cm³/mol. The zero-order chi connectivity index (χ0) is 15.7. The number of nitrogens with one attached hydrogen (secondary N) is 1. The van der Waals surface area contributed by atoms with Crippen LogP contribution < -0.4 is 11.1 Å². The zero-order valence-electron chi connectivity index (χ0n) is 12.4. The summed E-state index contributed by atoms with van der Waals surface area (Å²) in [6.07, 6.45) is 0.609. The van der Waals surface area contributed by atoms with Crippen LogP contribution in [0.25, 0.3) is 0 Å². The van der Waals surface area contributed by atoms with Crippen LogP contribution in [0.3, 0.4) is 0 Å². The van der Waals surface area contributed by atoms with Crippen molar-refractivity contribution in [3.05, 3.63) is 71.0 Å². The number of amides is 1. The highest BCUT2D eigenvalue weighted by Crippen LogP contribution is 2.36. The molecule has 114 valence electrons. The second-order valence-electron chi connectivity index (χ2n) is 5.84. The van der Waals surface area contributed by atoms with Crippen molar-refractivity contribution in [2.45, 2.75) is 31.3 Å². The Balaban J connectivity index is 1.97. The minimum absolute atomic E-state index is 0.0205. The summed E-state index contributed by atoms with van der Waals surface area (Å²) >= 11 is 0. The molecule has 1 amide bonds. The van der Waals surface area contributed by atoms with Crippen molar-refractivity contribution in [1.29, 1.82) is 0 Å². The first-order valence-corrected chi connectivity index (χ1v) is 7.45. The van der Waals surface area contributed by atoms with Crippen LogP contribution in [0.2, 0.25) is 0 Å². The minimum atomic E-state index is -0.372. The van der Waals surface area contributed by atoms with Crippen LogP contribution >= 0.6 is 0 Å². The van der Waals surface area contributed by atoms with Gasteiger partial charge >= 0.3 is 0 Å². The third-order valence-corrected chi connectivity index (χ3v) is 4.43. The summed E-state index contributed by atoms with van der Waals surface area (Å²) in [7, 11) is 0. The number of primary amides is 1. The van der Waals surface area contributed by atoms with Crippen molar-refractivity contribution >= 4 is 5.91 Å². The van der Waals surface area contributed by atoms with Gasteiger partial charge in [-0.15, -0.1) is 0 Å². The molecule has 0 radical (unpaired) electrons. The lowest BCUT2D eigenvalue weighted by molar-refractivity contribution is -0.120. The van der Waals surface area contributed by atoms with Gasteiger partial charge in [0.2, 0.25) is 5.91 Å². The average molecular weight is 298 g/mol. The molecule has 0 aromatic heterocycles. The van der Waals surface area contributed by atoms with Gasteiger partial charge in [0.25, 0.3) is 0 Å². The molecule has 1 aliphatic heterocycles. The van der Waals surface area contributed by atoms with Crippen molar-refractivity contribution in [3.8, 4) is 0 Å². The summed E-state index contributed by atoms with van der Waals surface area (Å²) in [5.41, 5.74) is 8.84. The molecule has 1 aliphatic rings. The van der Waals surface area contributed by atoms with E-state index < -0.39 is 0 Å². The van der Waals surface area contributed by atoms with Crippen LogP contribution in [0.4, 0.5) is 4.39 Å². The largest absolute Gasteiger partial charge is 0.368 e. The van der Waals surface area contributed by atoms with Gasteiger partial charge in [0, 0.05) is 12.0 Å². The molecule has 3 atom stereocenters. The molecule has 3 nitrogen and oxygen atoms in total. The number of nitrogens with two attached hydrogens (primary N) is 1. The number of hydrogen-bond donors (Lipinski definition) is 2. The standard InChI is InChI=1S/C18H19FN2O/c1-11(12-6-8-14(19)9-7-12)17-15-5-3-2-4-13(15)10-16(21-17)18(20)22/h2-9,11,16-17,21H,10H2,1H3,(H2,20,22)/t11-,16?,17?/m1/s1. The lowest BCUT2D eigenvalue weighted by atomic mass is 9.81. The maximum absolute atomic E-state index is 13.1. The molecular weight excluding hydrogens is 279 g/mol. The van der Waals surface area contributed by atoms with Crippen molar-refractivity contribution in [2.24, 2.45) is 5.73 Å². The average Bonchev–Trinajstić information content (AvgIpc) is 2.53. The topological polar surface area (TPSA) is 55.1 Å². The number of carbonyl (C=O) groups is 1. The van der Waals surface area contributed by atoms with E-state index in [0.29, 0.717) is 6.42 Å². The first-order chi connectivity index (χ1) is 10.6. The molecule has 0 aliphatic carbocycles. The van der Waals surface area contributed by atoms with Gasteiger partial charge in [0.15, 0.2) is 0 Å². The van der Waals surface area contributed by atoms with E-state index in [1.807, 2.05) is 18.2 Å². The maximum atomic E-state index is 13.1. The molecule has 0 saturated heterocycles. The van der Waals surface area contributed by atoms with Crippen LogP contribution in [-0.2, 0) is 11.2 Å². The first kappa shape index (κ1) is 14.7. The molecule has 2 aromatic rings. The quantitative estimate of drug-likeness (QED) is 0.915. The number of rotatable bonds is 3. The van der Waals surface area contributed by atoms with Crippen molar-refractivity contribution in [1.82, 2.24) is 5.32 Å². The van der Waals surface area contributed by atoms with Crippen LogP contribution in [0, 0.1) is 5.82 Å². The predicted octanol–water partition coefficient (Wildman–Crippen LogP) is 2.67. The zero-order valence-corrected chi connectivity index (χ0v) is 12.4. The molecule has 0 saturated carbocycles. The van der Waals surface area contributed by atoms with E-state index in [4.69, 9.17) is 5.73 Å². The molecule has 4 heteroatoms. The van der Waals surface area contributed by atoms with E-state index in [-0.39, 0.29) is 29.7 Å². The monoisotopic (exact) mass is 298 g/mol.